The van der Waals surface area contributed by atoms with Crippen LogP contribution in [0, 0.1) is 0 Å². The Kier molecular flexibility index (Phi) is 9.91. The maximum Gasteiger partial charge on any atom is 0.275 e. The average Bonchev–Trinajstić information content (AvgIpc) is 3.38. The summed E-state index contributed by atoms with van der Waals surface area (Å²) in [5.41, 5.74) is 4.56. The molecule has 198 valence electrons. The number of anilines is 1. The fourth-order valence-corrected chi connectivity index (χ4v) is 5.16. The third-order valence-corrected chi connectivity index (χ3v) is 7.15. The van der Waals surface area contributed by atoms with Crippen LogP contribution in [-0.2, 0) is 13.0 Å². The molecule has 2 N–H and O–H groups in total. The largest absolute Gasteiger partial charge is 0.320 e. The van der Waals surface area contributed by atoms with Gasteiger partial charge in [0.1, 0.15) is 5.69 Å². The first-order chi connectivity index (χ1) is 18.7. The fraction of sp³-hybridized carbons (Fsp3) is 0.310. The molecule has 4 aromatic rings. The van der Waals surface area contributed by atoms with Crippen LogP contribution in [-0.4, -0.2) is 58.1 Å². The zero-order valence-electron chi connectivity index (χ0n) is 22.1. The van der Waals surface area contributed by atoms with E-state index in [4.69, 9.17) is 4.99 Å². The Labute approximate surface area is 227 Å². The lowest BCUT2D eigenvalue weighted by molar-refractivity contribution is 0.102. The third kappa shape index (κ3) is 6.80. The van der Waals surface area contributed by atoms with Crippen LogP contribution in [0.15, 0.2) is 71.7 Å². The maximum atomic E-state index is 12.9. The molecule has 1 aliphatic rings. The van der Waals surface area contributed by atoms with E-state index in [-0.39, 0.29) is 11.6 Å². The number of aromatic nitrogens is 3. The highest BCUT2D eigenvalue weighted by atomic mass is 32.1. The summed E-state index contributed by atoms with van der Waals surface area (Å²) in [5.74, 6) is -0.298. The first kappa shape index (κ1) is 27.4. The molecule has 1 fully saturated rings. The summed E-state index contributed by atoms with van der Waals surface area (Å²) >= 11 is 1.61. The number of nitrogens with one attached hydrogen (secondary N) is 2. The molecule has 1 saturated heterocycles. The number of fused-ring (bicyclic) bond motifs is 1. The molecule has 0 aliphatic carbocycles. The Morgan fingerprint density at radius 2 is 1.87 bits per heavy atom. The maximum absolute atomic E-state index is 12.9. The molecule has 0 radical (unpaired) electrons. The van der Waals surface area contributed by atoms with Gasteiger partial charge in [-0.2, -0.15) is 0 Å². The summed E-state index contributed by atoms with van der Waals surface area (Å²) in [6.07, 6.45) is 4.29. The molecule has 0 unspecified atom stereocenters. The molecule has 0 atom stereocenters. The molecule has 2 aromatic heterocycles. The van der Waals surface area contributed by atoms with Crippen molar-refractivity contribution in [2.24, 2.45) is 4.99 Å². The van der Waals surface area contributed by atoms with Crippen molar-refractivity contribution in [1.29, 1.82) is 0 Å². The average molecular weight is 530 g/mol. The molecule has 3 heterocycles. The minimum absolute atomic E-state index is 0.275. The molecule has 0 spiro atoms. The highest BCUT2D eigenvalue weighted by Gasteiger charge is 2.13. The summed E-state index contributed by atoms with van der Waals surface area (Å²) in [4.78, 5) is 30.0. The van der Waals surface area contributed by atoms with Crippen molar-refractivity contribution in [3.05, 3.63) is 88.4 Å². The van der Waals surface area contributed by atoms with E-state index in [9.17, 15) is 4.79 Å². The van der Waals surface area contributed by atoms with Gasteiger partial charge in [0, 0.05) is 62.1 Å². The van der Waals surface area contributed by atoms with Crippen molar-refractivity contribution >= 4 is 40.2 Å². The highest BCUT2D eigenvalue weighted by Crippen LogP contribution is 2.18. The number of benzene rings is 2. The minimum atomic E-state index is -0.298. The summed E-state index contributed by atoms with van der Waals surface area (Å²) in [6, 6.07) is 15.2. The Morgan fingerprint density at radius 1 is 1.13 bits per heavy atom. The number of rotatable bonds is 8. The van der Waals surface area contributed by atoms with Crippen molar-refractivity contribution in [3.8, 4) is 0 Å². The van der Waals surface area contributed by atoms with Gasteiger partial charge >= 0.3 is 0 Å². The lowest BCUT2D eigenvalue weighted by Crippen LogP contribution is -2.44. The number of hydrogen-bond donors (Lipinski definition) is 2. The minimum Gasteiger partial charge on any atom is -0.320 e. The molecule has 1 amide bonds. The number of carbonyl (C=O) groups excluding carboxylic acids is 1. The Hall–Kier alpha value is -3.66. The van der Waals surface area contributed by atoms with Crippen LogP contribution >= 0.6 is 11.3 Å². The Bertz CT molecular complexity index is 1440. The second-order valence-corrected chi connectivity index (χ2v) is 9.41. The fourth-order valence-electron chi connectivity index (χ4n) is 4.24. The number of carbonyl (C=O) groups is 1. The van der Waals surface area contributed by atoms with Crippen molar-refractivity contribution < 1.29 is 4.79 Å². The lowest BCUT2D eigenvalue weighted by atomic mass is 10.1. The lowest BCUT2D eigenvalue weighted by Gasteiger charge is -2.27. The Morgan fingerprint density at radius 3 is 2.66 bits per heavy atom. The van der Waals surface area contributed by atoms with E-state index in [1.54, 1.807) is 11.3 Å². The first-order valence-electron chi connectivity index (χ1n) is 13.1. The topological polar surface area (TPSA) is 87.4 Å². The van der Waals surface area contributed by atoms with Gasteiger partial charge in [-0.15, -0.1) is 11.3 Å². The van der Waals surface area contributed by atoms with E-state index >= 15 is 0 Å². The van der Waals surface area contributed by atoms with Crippen LogP contribution in [0.1, 0.15) is 35.6 Å². The van der Waals surface area contributed by atoms with E-state index in [1.165, 1.54) is 11.9 Å². The summed E-state index contributed by atoms with van der Waals surface area (Å²) in [7, 11) is 0. The molecule has 9 heteroatoms. The first-order valence-corrected chi connectivity index (χ1v) is 14.0. The number of nitrogens with zero attached hydrogens (tertiary/aromatic N) is 5. The second kappa shape index (κ2) is 13.8. The molecular weight excluding hydrogens is 494 g/mol. The molecule has 8 nitrogen and oxygen atoms in total. The van der Waals surface area contributed by atoms with E-state index in [0.717, 1.165) is 55.0 Å². The standard InChI is InChI=1S/C27H29N7OS.C2H6/c1-2-34-21(11-14-33-15-12-28-13-16-33)19-36-27(34)30-17-20-7-3-4-8-22(20)32-26(35)25-18-29-23-9-5-6-10-24(23)31-25;1-2/h2-10,18-19,28H,1,11-17H2,(H,32,35);1-2H3. The van der Waals surface area contributed by atoms with Gasteiger partial charge in [-0.1, -0.05) is 50.8 Å². The van der Waals surface area contributed by atoms with Crippen molar-refractivity contribution in [2.45, 2.75) is 26.8 Å². The van der Waals surface area contributed by atoms with E-state index in [0.29, 0.717) is 17.7 Å². The van der Waals surface area contributed by atoms with Crippen LogP contribution in [0.4, 0.5) is 5.69 Å². The van der Waals surface area contributed by atoms with E-state index < -0.39 is 0 Å². The van der Waals surface area contributed by atoms with Gasteiger partial charge in [-0.05, 0) is 23.8 Å². The van der Waals surface area contributed by atoms with Crippen LogP contribution in [0.3, 0.4) is 0 Å². The number of para-hydroxylation sites is 3. The van der Waals surface area contributed by atoms with Crippen LogP contribution in [0.5, 0.6) is 0 Å². The highest BCUT2D eigenvalue weighted by molar-refractivity contribution is 7.07. The summed E-state index contributed by atoms with van der Waals surface area (Å²) in [5, 5.41) is 8.54. The van der Waals surface area contributed by atoms with Crippen LogP contribution in [0.2, 0.25) is 0 Å². The van der Waals surface area contributed by atoms with Gasteiger partial charge in [-0.3, -0.25) is 19.3 Å². The zero-order valence-corrected chi connectivity index (χ0v) is 22.9. The Balaban J connectivity index is 0.00000164. The van der Waals surface area contributed by atoms with Gasteiger partial charge in [-0.25, -0.2) is 4.98 Å². The van der Waals surface area contributed by atoms with Crippen molar-refractivity contribution in [3.63, 3.8) is 0 Å². The zero-order chi connectivity index (χ0) is 26.7. The van der Waals surface area contributed by atoms with Crippen molar-refractivity contribution in [2.75, 3.05) is 38.0 Å². The smallest absolute Gasteiger partial charge is 0.275 e. The molecule has 2 aromatic carbocycles. The van der Waals surface area contributed by atoms with Gasteiger partial charge < -0.3 is 15.5 Å². The van der Waals surface area contributed by atoms with Gasteiger partial charge in [0.05, 0.1) is 23.8 Å². The second-order valence-electron chi connectivity index (χ2n) is 8.58. The predicted molar refractivity (Wildman–Crippen MR) is 156 cm³/mol. The summed E-state index contributed by atoms with van der Waals surface area (Å²) in [6.45, 7) is 13.7. The third-order valence-electron chi connectivity index (χ3n) is 6.22. The monoisotopic (exact) mass is 529 g/mol. The molecule has 38 heavy (non-hydrogen) atoms. The molecule has 5 rings (SSSR count). The predicted octanol–water partition coefficient (Wildman–Crippen LogP) is 4.42. The normalized spacial score (nSPS) is 14.1. The quantitative estimate of drug-likeness (QED) is 0.353. The van der Waals surface area contributed by atoms with E-state index in [1.807, 2.05) is 68.6 Å². The number of amides is 1. The molecule has 0 bridgehead atoms. The van der Waals surface area contributed by atoms with Crippen LogP contribution < -0.4 is 15.4 Å². The SMILES string of the molecule is C=Cn1c(CCN2CCNCC2)csc1=NCc1ccccc1NC(=O)c1cnc2ccccc2n1.CC. The molecular formula is C29H35N7OS. The van der Waals surface area contributed by atoms with Crippen LogP contribution in [0.25, 0.3) is 17.2 Å². The van der Waals surface area contributed by atoms with Gasteiger partial charge in [0.25, 0.3) is 5.91 Å². The summed E-state index contributed by atoms with van der Waals surface area (Å²) < 4.78 is 2.07. The molecule has 1 aliphatic heterocycles. The van der Waals surface area contributed by atoms with Gasteiger partial charge in [0.2, 0.25) is 0 Å². The van der Waals surface area contributed by atoms with Crippen molar-refractivity contribution in [1.82, 2.24) is 24.8 Å². The number of piperazine rings is 1. The molecule has 0 saturated carbocycles. The van der Waals surface area contributed by atoms with Gasteiger partial charge in [0.15, 0.2) is 4.80 Å². The number of hydrogen-bond acceptors (Lipinski definition) is 7. The number of thiazole rings is 1. The van der Waals surface area contributed by atoms with E-state index in [2.05, 4.69) is 42.0 Å².